The van der Waals surface area contributed by atoms with E-state index in [0.717, 1.165) is 17.6 Å². The second-order valence-electron chi connectivity index (χ2n) is 3.71. The van der Waals surface area contributed by atoms with E-state index in [-0.39, 0.29) is 18.2 Å². The van der Waals surface area contributed by atoms with E-state index in [4.69, 9.17) is 9.47 Å². The van der Waals surface area contributed by atoms with Crippen LogP contribution in [0.3, 0.4) is 0 Å². The van der Waals surface area contributed by atoms with Crippen LogP contribution in [-0.2, 0) is 14.3 Å². The highest BCUT2D eigenvalue weighted by Gasteiger charge is 2.34. The normalized spacial score (nSPS) is 31.9. The highest BCUT2D eigenvalue weighted by molar-refractivity contribution is 5.85. The Balaban J connectivity index is 2.03. The van der Waals surface area contributed by atoms with Gasteiger partial charge < -0.3 is 9.47 Å². The average molecular weight is 202 g/mol. The fourth-order valence-electron chi connectivity index (χ4n) is 2.08. The molecule has 2 atom stereocenters. The number of fused-ring (bicyclic) bond motifs is 3. The topological polar surface area (TPSA) is 35.5 Å². The molecule has 0 aromatic heterocycles. The van der Waals surface area contributed by atoms with Crippen molar-refractivity contribution < 1.29 is 14.3 Å². The van der Waals surface area contributed by atoms with Gasteiger partial charge in [-0.1, -0.05) is 12.2 Å². The molecule has 3 heteroatoms. The Labute approximate surface area is 87.4 Å². The summed E-state index contributed by atoms with van der Waals surface area (Å²) in [5.41, 5.74) is 2.09. The van der Waals surface area contributed by atoms with E-state index in [1.165, 1.54) is 6.08 Å². The molecule has 76 valence electrons. The van der Waals surface area contributed by atoms with Gasteiger partial charge in [-0.05, 0) is 17.7 Å². The third kappa shape index (κ3) is 1.31. The van der Waals surface area contributed by atoms with Crippen LogP contribution in [0.25, 0.3) is 0 Å². The molecular formula is C12H10O3. The molecule has 0 aromatic rings. The van der Waals surface area contributed by atoms with E-state index < -0.39 is 0 Å². The molecule has 15 heavy (non-hydrogen) atoms. The smallest absolute Gasteiger partial charge is 0.331 e. The molecule has 0 amide bonds. The first-order valence-electron chi connectivity index (χ1n) is 4.95. The van der Waals surface area contributed by atoms with E-state index in [1.54, 1.807) is 6.26 Å². The van der Waals surface area contributed by atoms with Crippen LogP contribution >= 0.6 is 0 Å². The van der Waals surface area contributed by atoms with E-state index >= 15 is 0 Å². The molecule has 2 heterocycles. The Kier molecular flexibility index (Phi) is 1.78. The van der Waals surface area contributed by atoms with E-state index in [1.807, 2.05) is 18.2 Å². The van der Waals surface area contributed by atoms with Crippen LogP contribution in [-0.4, -0.2) is 18.2 Å². The predicted molar refractivity (Wildman–Crippen MR) is 53.8 cm³/mol. The minimum absolute atomic E-state index is 0.0306. The molecule has 3 rings (SSSR count). The summed E-state index contributed by atoms with van der Waals surface area (Å²) in [4.78, 5) is 11.2. The number of hydrogen-bond donors (Lipinski definition) is 0. The van der Waals surface area contributed by atoms with Crippen LogP contribution in [0.2, 0.25) is 0 Å². The summed E-state index contributed by atoms with van der Waals surface area (Å²) in [5.74, 6) is -0.284. The Hall–Kier alpha value is -1.77. The number of esters is 1. The first kappa shape index (κ1) is 8.53. The number of allylic oxidation sites excluding steroid dienone is 2. The summed E-state index contributed by atoms with van der Waals surface area (Å²) in [6.07, 6.45) is 11.5. The van der Waals surface area contributed by atoms with Gasteiger partial charge in [0, 0.05) is 18.1 Å². The third-order valence-corrected chi connectivity index (χ3v) is 2.80. The predicted octanol–water partition coefficient (Wildman–Crippen LogP) is 1.64. The maximum absolute atomic E-state index is 11.2. The largest absolute Gasteiger partial charge is 0.493 e. The maximum Gasteiger partial charge on any atom is 0.331 e. The van der Waals surface area contributed by atoms with Crippen LogP contribution in [0, 0.1) is 0 Å². The van der Waals surface area contributed by atoms with Gasteiger partial charge in [0.2, 0.25) is 0 Å². The molecule has 0 saturated heterocycles. The van der Waals surface area contributed by atoms with Gasteiger partial charge >= 0.3 is 5.97 Å². The van der Waals surface area contributed by atoms with Gasteiger partial charge in [-0.2, -0.15) is 0 Å². The summed E-state index contributed by atoms with van der Waals surface area (Å²) < 4.78 is 10.7. The quantitative estimate of drug-likeness (QED) is 0.560. The first-order chi connectivity index (χ1) is 7.34. The van der Waals surface area contributed by atoms with Crippen molar-refractivity contribution in [3.8, 4) is 0 Å². The van der Waals surface area contributed by atoms with Gasteiger partial charge in [0.15, 0.2) is 6.10 Å². The number of ether oxygens (including phenoxy) is 2. The third-order valence-electron chi connectivity index (χ3n) is 2.80. The van der Waals surface area contributed by atoms with Crippen LogP contribution in [0.4, 0.5) is 0 Å². The van der Waals surface area contributed by atoms with Crippen molar-refractivity contribution in [1.29, 1.82) is 0 Å². The zero-order valence-electron chi connectivity index (χ0n) is 8.05. The van der Waals surface area contributed by atoms with Gasteiger partial charge in [-0.25, -0.2) is 4.79 Å². The molecule has 0 N–H and O–H groups in total. The number of carbonyl (C=O) groups excluding carboxylic acids is 1. The summed E-state index contributed by atoms with van der Waals surface area (Å²) in [5, 5.41) is 0. The summed E-state index contributed by atoms with van der Waals surface area (Å²) >= 11 is 0. The van der Waals surface area contributed by atoms with Crippen molar-refractivity contribution in [2.24, 2.45) is 0 Å². The average Bonchev–Trinajstić information content (AvgIpc) is 2.29. The van der Waals surface area contributed by atoms with E-state index in [9.17, 15) is 4.79 Å². The Morgan fingerprint density at radius 1 is 1.33 bits per heavy atom. The van der Waals surface area contributed by atoms with E-state index in [0.29, 0.717) is 0 Å². The van der Waals surface area contributed by atoms with Crippen LogP contribution in [0.15, 0.2) is 47.8 Å². The Bertz CT molecular complexity index is 426. The van der Waals surface area contributed by atoms with Crippen LogP contribution in [0.5, 0.6) is 0 Å². The lowest BCUT2D eigenvalue weighted by molar-refractivity contribution is -0.141. The number of hydrogen-bond acceptors (Lipinski definition) is 3. The molecule has 0 aromatic carbocycles. The minimum Gasteiger partial charge on any atom is -0.493 e. The van der Waals surface area contributed by atoms with Crippen molar-refractivity contribution in [3.05, 3.63) is 47.8 Å². The Morgan fingerprint density at radius 2 is 2.27 bits per heavy atom. The fourth-order valence-corrected chi connectivity index (χ4v) is 2.08. The summed E-state index contributed by atoms with van der Waals surface area (Å²) in [7, 11) is 0. The molecule has 3 aliphatic rings. The molecule has 0 spiro atoms. The van der Waals surface area contributed by atoms with Crippen molar-refractivity contribution >= 4 is 5.97 Å². The van der Waals surface area contributed by atoms with Crippen LogP contribution < -0.4 is 0 Å². The highest BCUT2D eigenvalue weighted by Crippen LogP contribution is 2.33. The van der Waals surface area contributed by atoms with Crippen molar-refractivity contribution in [3.63, 3.8) is 0 Å². The lowest BCUT2D eigenvalue weighted by Gasteiger charge is -2.33. The van der Waals surface area contributed by atoms with Gasteiger partial charge in [0.05, 0.1) is 6.26 Å². The fraction of sp³-hybridized carbons (Fsp3) is 0.250. The molecule has 2 aliphatic heterocycles. The monoisotopic (exact) mass is 202 g/mol. The Morgan fingerprint density at radius 3 is 3.20 bits per heavy atom. The molecule has 3 nitrogen and oxygen atoms in total. The lowest BCUT2D eigenvalue weighted by atomic mass is 9.86. The molecule has 1 aliphatic carbocycles. The summed E-state index contributed by atoms with van der Waals surface area (Å²) in [6, 6.07) is 0. The maximum atomic E-state index is 11.2. The van der Waals surface area contributed by atoms with Crippen LogP contribution in [0.1, 0.15) is 6.42 Å². The van der Waals surface area contributed by atoms with Crippen molar-refractivity contribution in [2.45, 2.75) is 18.6 Å². The first-order valence-corrected chi connectivity index (χ1v) is 4.95. The lowest BCUT2D eigenvalue weighted by Crippen LogP contribution is -2.34. The molecule has 0 bridgehead atoms. The number of carbonyl (C=O) groups is 1. The standard InChI is InChI=1S/C12H10O3/c13-11-6-4-8-3-5-10-9(12(8)15-11)2-1-7-14-10/h1-4,6-7,10,12H,5H2. The minimum atomic E-state index is -0.284. The molecule has 0 fully saturated rings. The zero-order chi connectivity index (χ0) is 10.3. The van der Waals surface area contributed by atoms with Gasteiger partial charge in [-0.15, -0.1) is 0 Å². The molecule has 0 saturated carbocycles. The summed E-state index contributed by atoms with van der Waals surface area (Å²) in [6.45, 7) is 0. The van der Waals surface area contributed by atoms with Gasteiger partial charge in [-0.3, -0.25) is 0 Å². The second kappa shape index (κ2) is 3.12. The molecule has 0 radical (unpaired) electrons. The van der Waals surface area contributed by atoms with Gasteiger partial charge in [0.25, 0.3) is 0 Å². The highest BCUT2D eigenvalue weighted by atomic mass is 16.5. The van der Waals surface area contributed by atoms with Crippen molar-refractivity contribution in [1.82, 2.24) is 0 Å². The number of rotatable bonds is 0. The van der Waals surface area contributed by atoms with Gasteiger partial charge in [0.1, 0.15) is 6.10 Å². The molecule has 2 unspecified atom stereocenters. The second-order valence-corrected chi connectivity index (χ2v) is 3.71. The zero-order valence-corrected chi connectivity index (χ0v) is 8.05. The van der Waals surface area contributed by atoms with E-state index in [2.05, 4.69) is 6.08 Å². The SMILES string of the molecule is O=C1C=CC2=CCC3OC=CC=C3C2O1. The molecular weight excluding hydrogens is 192 g/mol. The van der Waals surface area contributed by atoms with Crippen molar-refractivity contribution in [2.75, 3.05) is 0 Å².